The number of nitrogens with zero attached hydrogens (tertiary/aromatic N) is 1. The average Bonchev–Trinajstić information content (AvgIpc) is 2.56. The third-order valence-corrected chi connectivity index (χ3v) is 3.69. The van der Waals surface area contributed by atoms with Gasteiger partial charge in [-0.25, -0.2) is 0 Å². The normalized spacial score (nSPS) is 10.4. The fraction of sp³-hybridized carbons (Fsp3) is 0.333. The Kier molecular flexibility index (Phi) is 6.11. The minimum Gasteiger partial charge on any atom is -0.385 e. The zero-order valence-corrected chi connectivity index (χ0v) is 13.8. The van der Waals surface area contributed by atoms with E-state index in [-0.39, 0.29) is 5.91 Å². The fourth-order valence-corrected chi connectivity index (χ4v) is 2.18. The molecule has 5 nitrogen and oxygen atoms in total. The smallest absolute Gasteiger partial charge is 0.269 e. The first-order valence-corrected chi connectivity index (χ1v) is 7.68. The molecule has 1 aromatic heterocycles. The molecule has 1 amide bonds. The number of nitrogens with one attached hydrogen (secondary N) is 2. The Bertz CT molecular complexity index is 671. The molecule has 0 aliphatic heterocycles. The number of aryl methyl sites for hydroxylation is 1. The van der Waals surface area contributed by atoms with Gasteiger partial charge in [0.05, 0.1) is 0 Å². The van der Waals surface area contributed by atoms with Gasteiger partial charge in [0, 0.05) is 37.8 Å². The molecular weight excluding hydrogens is 290 g/mol. The number of carbonyl (C=O) groups is 1. The zero-order chi connectivity index (χ0) is 16.7. The van der Waals surface area contributed by atoms with E-state index in [0.717, 1.165) is 17.8 Å². The Morgan fingerprint density at radius 1 is 1.26 bits per heavy atom. The average molecular weight is 313 g/mol. The topological polar surface area (TPSA) is 63.2 Å². The molecule has 0 aliphatic rings. The zero-order valence-electron chi connectivity index (χ0n) is 13.8. The molecule has 0 saturated heterocycles. The van der Waals surface area contributed by atoms with Gasteiger partial charge < -0.3 is 15.4 Å². The summed E-state index contributed by atoms with van der Waals surface area (Å²) in [5, 5.41) is 6.18. The van der Waals surface area contributed by atoms with Crippen LogP contribution in [-0.2, 0) is 4.74 Å². The van der Waals surface area contributed by atoms with E-state index in [1.165, 1.54) is 11.1 Å². The van der Waals surface area contributed by atoms with Gasteiger partial charge in [-0.1, -0.05) is 12.1 Å². The van der Waals surface area contributed by atoms with Crippen molar-refractivity contribution in [1.82, 2.24) is 10.3 Å². The lowest BCUT2D eigenvalue weighted by Gasteiger charge is -2.12. The van der Waals surface area contributed by atoms with E-state index in [0.29, 0.717) is 18.8 Å². The van der Waals surface area contributed by atoms with Crippen LogP contribution in [0.25, 0.3) is 0 Å². The van der Waals surface area contributed by atoms with Gasteiger partial charge in [-0.3, -0.25) is 9.78 Å². The van der Waals surface area contributed by atoms with Gasteiger partial charge in [-0.05, 0) is 49.6 Å². The Hall–Kier alpha value is -2.40. The molecule has 1 aromatic carbocycles. The second-order valence-electron chi connectivity index (χ2n) is 5.40. The summed E-state index contributed by atoms with van der Waals surface area (Å²) in [6.07, 6.45) is 2.42. The SMILES string of the molecule is COCCCNC(=O)c1cc(Nc2cccc(C)c2C)ccn1. The van der Waals surface area contributed by atoms with Crippen LogP contribution in [0.3, 0.4) is 0 Å². The summed E-state index contributed by atoms with van der Waals surface area (Å²) in [6, 6.07) is 9.71. The minimum absolute atomic E-state index is 0.175. The number of aromatic nitrogens is 1. The highest BCUT2D eigenvalue weighted by Gasteiger charge is 2.08. The van der Waals surface area contributed by atoms with E-state index in [9.17, 15) is 4.79 Å². The second kappa shape index (κ2) is 8.29. The van der Waals surface area contributed by atoms with Crippen molar-refractivity contribution >= 4 is 17.3 Å². The Morgan fingerprint density at radius 3 is 2.87 bits per heavy atom. The molecule has 0 fully saturated rings. The number of carbonyl (C=O) groups excluding carboxylic acids is 1. The summed E-state index contributed by atoms with van der Waals surface area (Å²) in [4.78, 5) is 16.2. The minimum atomic E-state index is -0.175. The second-order valence-corrected chi connectivity index (χ2v) is 5.40. The standard InChI is InChI=1S/C18H23N3O2/c1-13-6-4-7-16(14(13)2)21-15-8-10-19-17(12-15)18(22)20-9-5-11-23-3/h4,6-8,10,12H,5,9,11H2,1-3H3,(H,19,21)(H,20,22). The van der Waals surface area contributed by atoms with E-state index < -0.39 is 0 Å². The molecule has 23 heavy (non-hydrogen) atoms. The monoisotopic (exact) mass is 313 g/mol. The molecule has 122 valence electrons. The quantitative estimate of drug-likeness (QED) is 0.771. The molecular formula is C18H23N3O2. The van der Waals surface area contributed by atoms with Gasteiger partial charge in [0.25, 0.3) is 5.91 Å². The number of anilines is 2. The number of hydrogen-bond donors (Lipinski definition) is 2. The van der Waals surface area contributed by atoms with E-state index in [2.05, 4.69) is 35.5 Å². The van der Waals surface area contributed by atoms with Crippen molar-refractivity contribution in [3.05, 3.63) is 53.3 Å². The lowest BCUT2D eigenvalue weighted by molar-refractivity contribution is 0.0943. The fourth-order valence-electron chi connectivity index (χ4n) is 2.18. The maximum atomic E-state index is 12.1. The van der Waals surface area contributed by atoms with E-state index in [1.54, 1.807) is 19.4 Å². The first kappa shape index (κ1) is 17.0. The number of pyridine rings is 1. The number of benzene rings is 1. The van der Waals surface area contributed by atoms with Crippen molar-refractivity contribution < 1.29 is 9.53 Å². The predicted molar refractivity (Wildman–Crippen MR) is 92.3 cm³/mol. The van der Waals surface area contributed by atoms with Crippen LogP contribution in [0.4, 0.5) is 11.4 Å². The van der Waals surface area contributed by atoms with Gasteiger partial charge in [0.2, 0.25) is 0 Å². The van der Waals surface area contributed by atoms with Crippen molar-refractivity contribution in [1.29, 1.82) is 0 Å². The first-order valence-electron chi connectivity index (χ1n) is 7.68. The van der Waals surface area contributed by atoms with Gasteiger partial charge in [0.1, 0.15) is 5.69 Å². The van der Waals surface area contributed by atoms with Gasteiger partial charge in [-0.2, -0.15) is 0 Å². The lowest BCUT2D eigenvalue weighted by Crippen LogP contribution is -2.26. The third kappa shape index (κ3) is 4.79. The number of rotatable bonds is 7. The van der Waals surface area contributed by atoms with Crippen molar-refractivity contribution in [2.75, 3.05) is 25.6 Å². The molecule has 1 heterocycles. The Balaban J connectivity index is 2.04. The Labute approximate surface area is 137 Å². The lowest BCUT2D eigenvalue weighted by atomic mass is 10.1. The summed E-state index contributed by atoms with van der Waals surface area (Å²) in [5.74, 6) is -0.175. The van der Waals surface area contributed by atoms with Crippen molar-refractivity contribution in [2.45, 2.75) is 20.3 Å². The first-order chi connectivity index (χ1) is 11.1. The summed E-state index contributed by atoms with van der Waals surface area (Å²) in [6.45, 7) is 5.35. The largest absolute Gasteiger partial charge is 0.385 e. The maximum absolute atomic E-state index is 12.1. The van der Waals surface area contributed by atoms with Gasteiger partial charge >= 0.3 is 0 Å². The molecule has 0 saturated carbocycles. The van der Waals surface area contributed by atoms with Crippen LogP contribution in [-0.4, -0.2) is 31.2 Å². The van der Waals surface area contributed by atoms with Crippen molar-refractivity contribution in [3.63, 3.8) is 0 Å². The molecule has 0 bridgehead atoms. The summed E-state index contributed by atoms with van der Waals surface area (Å²) in [5.41, 5.74) is 4.69. The third-order valence-electron chi connectivity index (χ3n) is 3.69. The van der Waals surface area contributed by atoms with Crippen molar-refractivity contribution in [3.8, 4) is 0 Å². The number of methoxy groups -OCH3 is 1. The van der Waals surface area contributed by atoms with Gasteiger partial charge in [-0.15, -0.1) is 0 Å². The highest BCUT2D eigenvalue weighted by atomic mass is 16.5. The van der Waals surface area contributed by atoms with E-state index >= 15 is 0 Å². The molecule has 0 spiro atoms. The molecule has 5 heteroatoms. The van der Waals surface area contributed by atoms with Crippen LogP contribution in [0.1, 0.15) is 28.0 Å². The summed E-state index contributed by atoms with van der Waals surface area (Å²) in [7, 11) is 1.64. The number of hydrogen-bond acceptors (Lipinski definition) is 4. The summed E-state index contributed by atoms with van der Waals surface area (Å²) < 4.78 is 4.96. The number of amides is 1. The maximum Gasteiger partial charge on any atom is 0.269 e. The molecule has 2 rings (SSSR count). The van der Waals surface area contributed by atoms with E-state index in [4.69, 9.17) is 4.74 Å². The van der Waals surface area contributed by atoms with Gasteiger partial charge in [0.15, 0.2) is 0 Å². The molecule has 0 radical (unpaired) electrons. The van der Waals surface area contributed by atoms with Crippen LogP contribution in [0, 0.1) is 13.8 Å². The Morgan fingerprint density at radius 2 is 2.09 bits per heavy atom. The molecule has 2 aromatic rings. The molecule has 2 N–H and O–H groups in total. The molecule has 0 atom stereocenters. The van der Waals surface area contributed by atoms with Crippen LogP contribution >= 0.6 is 0 Å². The van der Waals surface area contributed by atoms with Crippen LogP contribution in [0.15, 0.2) is 36.5 Å². The van der Waals surface area contributed by atoms with Crippen LogP contribution < -0.4 is 10.6 Å². The summed E-state index contributed by atoms with van der Waals surface area (Å²) >= 11 is 0. The molecule has 0 aliphatic carbocycles. The highest BCUT2D eigenvalue weighted by molar-refractivity contribution is 5.93. The van der Waals surface area contributed by atoms with Crippen LogP contribution in [0.2, 0.25) is 0 Å². The van der Waals surface area contributed by atoms with Crippen LogP contribution in [0.5, 0.6) is 0 Å². The predicted octanol–water partition coefficient (Wildman–Crippen LogP) is 3.21. The molecule has 0 unspecified atom stereocenters. The van der Waals surface area contributed by atoms with E-state index in [1.807, 2.05) is 18.2 Å². The highest BCUT2D eigenvalue weighted by Crippen LogP contribution is 2.22. The number of ether oxygens (including phenoxy) is 1. The van der Waals surface area contributed by atoms with Crippen molar-refractivity contribution in [2.24, 2.45) is 0 Å².